The fourth-order valence-electron chi connectivity index (χ4n) is 4.47. The summed E-state index contributed by atoms with van der Waals surface area (Å²) in [7, 11) is 0. The molecule has 2 heterocycles. The average molecular weight is 497 g/mol. The monoisotopic (exact) mass is 496 g/mol. The van der Waals surface area contributed by atoms with Gasteiger partial charge in [0.1, 0.15) is 11.5 Å². The first-order valence-electron chi connectivity index (χ1n) is 12.7. The van der Waals surface area contributed by atoms with Gasteiger partial charge in [-0.2, -0.15) is 0 Å². The first-order chi connectivity index (χ1) is 17.8. The van der Waals surface area contributed by atoms with Gasteiger partial charge >= 0.3 is 5.97 Å². The Hall–Kier alpha value is -4.13. The van der Waals surface area contributed by atoms with Gasteiger partial charge in [0.25, 0.3) is 5.91 Å². The normalized spacial score (nSPS) is 12.7. The largest absolute Gasteiger partial charge is 0.481 e. The minimum absolute atomic E-state index is 0.0801. The molecule has 2 N–H and O–H groups in total. The van der Waals surface area contributed by atoms with E-state index in [9.17, 15) is 14.7 Å². The molecule has 0 aliphatic heterocycles. The minimum atomic E-state index is -0.884. The molecular formula is C30H32N4O3. The number of fused-ring (bicyclic) bond motifs is 1. The van der Waals surface area contributed by atoms with Gasteiger partial charge in [0.15, 0.2) is 0 Å². The standard InChI is InChI=1S/C30H32N4O3/c1-4-7-19(2)16-27-23(17-28(35)36)18-31-29(34-27)20(3)21-10-13-24(14-11-21)32-30(37)26-15-12-22-8-5-6-9-25(22)33-26/h5-6,8-15,18-20H,4,7,16-17H2,1-3H3,(H,32,37)(H,35,36). The maximum absolute atomic E-state index is 12.7. The topological polar surface area (TPSA) is 105 Å². The molecular weight excluding hydrogens is 464 g/mol. The van der Waals surface area contributed by atoms with Crippen molar-refractivity contribution >= 4 is 28.5 Å². The Balaban J connectivity index is 1.49. The molecule has 37 heavy (non-hydrogen) atoms. The highest BCUT2D eigenvalue weighted by Gasteiger charge is 2.18. The number of rotatable bonds is 10. The molecule has 2 atom stereocenters. The lowest BCUT2D eigenvalue weighted by Crippen LogP contribution is -2.14. The first-order valence-corrected chi connectivity index (χ1v) is 12.7. The average Bonchev–Trinajstić information content (AvgIpc) is 2.89. The zero-order valence-corrected chi connectivity index (χ0v) is 21.4. The van der Waals surface area contributed by atoms with Crippen LogP contribution in [0.3, 0.4) is 0 Å². The number of anilines is 1. The number of carbonyl (C=O) groups excluding carboxylic acids is 1. The van der Waals surface area contributed by atoms with E-state index in [1.165, 1.54) is 0 Å². The number of nitrogens with one attached hydrogen (secondary N) is 1. The van der Waals surface area contributed by atoms with E-state index in [2.05, 4.69) is 29.1 Å². The number of nitrogens with zero attached hydrogens (tertiary/aromatic N) is 3. The summed E-state index contributed by atoms with van der Waals surface area (Å²) in [6.07, 6.45) is 4.44. The van der Waals surface area contributed by atoms with E-state index in [0.717, 1.165) is 41.4 Å². The van der Waals surface area contributed by atoms with E-state index in [1.54, 1.807) is 12.3 Å². The van der Waals surface area contributed by atoms with E-state index in [1.807, 2.05) is 61.5 Å². The maximum Gasteiger partial charge on any atom is 0.307 e. The van der Waals surface area contributed by atoms with Crippen LogP contribution in [0.25, 0.3) is 10.9 Å². The molecule has 0 radical (unpaired) electrons. The van der Waals surface area contributed by atoms with Crippen molar-refractivity contribution in [1.82, 2.24) is 15.0 Å². The molecule has 0 bridgehead atoms. The van der Waals surface area contributed by atoms with Crippen LogP contribution in [0.2, 0.25) is 0 Å². The molecule has 1 amide bonds. The fraction of sp³-hybridized carbons (Fsp3) is 0.300. The smallest absolute Gasteiger partial charge is 0.307 e. The van der Waals surface area contributed by atoms with Crippen molar-refractivity contribution in [3.8, 4) is 0 Å². The Bertz CT molecular complexity index is 1400. The van der Waals surface area contributed by atoms with Crippen molar-refractivity contribution in [2.24, 2.45) is 5.92 Å². The van der Waals surface area contributed by atoms with Crippen molar-refractivity contribution < 1.29 is 14.7 Å². The summed E-state index contributed by atoms with van der Waals surface area (Å²) in [6, 6.07) is 18.9. The van der Waals surface area contributed by atoms with Gasteiger partial charge in [-0.15, -0.1) is 0 Å². The molecule has 190 valence electrons. The summed E-state index contributed by atoms with van der Waals surface area (Å²) in [5.41, 5.74) is 4.29. The predicted octanol–water partition coefficient (Wildman–Crippen LogP) is 6.03. The van der Waals surface area contributed by atoms with Crippen LogP contribution >= 0.6 is 0 Å². The van der Waals surface area contributed by atoms with Gasteiger partial charge in [-0.05, 0) is 42.2 Å². The summed E-state index contributed by atoms with van der Waals surface area (Å²) in [5.74, 6) is -0.174. The number of carbonyl (C=O) groups is 2. The van der Waals surface area contributed by atoms with E-state index in [0.29, 0.717) is 28.7 Å². The molecule has 0 aliphatic rings. The van der Waals surface area contributed by atoms with Gasteiger partial charge in [0.2, 0.25) is 0 Å². The van der Waals surface area contributed by atoms with E-state index < -0.39 is 5.97 Å². The first kappa shape index (κ1) is 25.9. The van der Waals surface area contributed by atoms with Crippen molar-refractivity contribution in [2.75, 3.05) is 5.32 Å². The summed E-state index contributed by atoms with van der Waals surface area (Å²) in [6.45, 7) is 6.34. The van der Waals surface area contributed by atoms with Crippen LogP contribution in [0, 0.1) is 5.92 Å². The van der Waals surface area contributed by atoms with Gasteiger partial charge in [0, 0.05) is 34.4 Å². The van der Waals surface area contributed by atoms with Gasteiger partial charge in [0.05, 0.1) is 11.9 Å². The number of amides is 1. The molecule has 2 aromatic carbocycles. The summed E-state index contributed by atoms with van der Waals surface area (Å²) in [5, 5.41) is 13.2. The van der Waals surface area contributed by atoms with E-state index >= 15 is 0 Å². The van der Waals surface area contributed by atoms with Gasteiger partial charge < -0.3 is 10.4 Å². The molecule has 0 saturated carbocycles. The molecule has 0 aliphatic carbocycles. The third-order valence-electron chi connectivity index (χ3n) is 6.52. The van der Waals surface area contributed by atoms with Crippen LogP contribution in [0.1, 0.15) is 72.7 Å². The summed E-state index contributed by atoms with van der Waals surface area (Å²) >= 11 is 0. The zero-order chi connectivity index (χ0) is 26.4. The molecule has 0 saturated heterocycles. The fourth-order valence-corrected chi connectivity index (χ4v) is 4.47. The number of carboxylic acid groups (broad SMARTS) is 1. The lowest BCUT2D eigenvalue weighted by Gasteiger charge is -2.17. The Morgan fingerprint density at radius 3 is 2.46 bits per heavy atom. The van der Waals surface area contributed by atoms with Crippen LogP contribution in [0.4, 0.5) is 5.69 Å². The lowest BCUT2D eigenvalue weighted by molar-refractivity contribution is -0.136. The maximum atomic E-state index is 12.7. The molecule has 4 rings (SSSR count). The number of pyridine rings is 1. The van der Waals surface area contributed by atoms with Gasteiger partial charge in [-0.1, -0.05) is 70.0 Å². The molecule has 4 aromatic rings. The lowest BCUT2D eigenvalue weighted by atomic mass is 9.96. The van der Waals surface area contributed by atoms with Gasteiger partial charge in [-0.25, -0.2) is 15.0 Å². The van der Waals surface area contributed by atoms with Crippen molar-refractivity contribution in [2.45, 2.75) is 52.4 Å². The Morgan fingerprint density at radius 2 is 1.73 bits per heavy atom. The van der Waals surface area contributed by atoms with Crippen LogP contribution in [-0.4, -0.2) is 31.9 Å². The summed E-state index contributed by atoms with van der Waals surface area (Å²) < 4.78 is 0. The van der Waals surface area contributed by atoms with Crippen LogP contribution < -0.4 is 5.32 Å². The zero-order valence-electron chi connectivity index (χ0n) is 21.4. The third-order valence-corrected chi connectivity index (χ3v) is 6.52. The molecule has 2 aromatic heterocycles. The quantitative estimate of drug-likeness (QED) is 0.278. The van der Waals surface area contributed by atoms with E-state index in [4.69, 9.17) is 4.98 Å². The SMILES string of the molecule is CCCC(C)Cc1nc(C(C)c2ccc(NC(=O)c3ccc4ccccc4n3)cc2)ncc1CC(=O)O. The second-order valence-corrected chi connectivity index (χ2v) is 9.56. The highest BCUT2D eigenvalue weighted by atomic mass is 16.4. The van der Waals surface area contributed by atoms with Crippen LogP contribution in [0.15, 0.2) is 66.9 Å². The number of benzene rings is 2. The second kappa shape index (κ2) is 11.7. The van der Waals surface area contributed by atoms with Crippen molar-refractivity contribution in [1.29, 1.82) is 0 Å². The minimum Gasteiger partial charge on any atom is -0.481 e. The summed E-state index contributed by atoms with van der Waals surface area (Å²) in [4.78, 5) is 37.9. The molecule has 7 nitrogen and oxygen atoms in total. The number of aromatic nitrogens is 3. The van der Waals surface area contributed by atoms with Crippen molar-refractivity contribution in [3.05, 3.63) is 95.2 Å². The third kappa shape index (κ3) is 6.55. The Kier molecular flexibility index (Phi) is 8.23. The number of para-hydroxylation sites is 1. The Labute approximate surface area is 217 Å². The molecule has 2 unspecified atom stereocenters. The highest BCUT2D eigenvalue weighted by molar-refractivity contribution is 6.04. The number of hydrogen-bond donors (Lipinski definition) is 2. The number of aliphatic carboxylic acids is 1. The molecule has 7 heteroatoms. The van der Waals surface area contributed by atoms with Crippen LogP contribution in [0.5, 0.6) is 0 Å². The number of hydrogen-bond acceptors (Lipinski definition) is 5. The predicted molar refractivity (Wildman–Crippen MR) is 145 cm³/mol. The van der Waals surface area contributed by atoms with Crippen LogP contribution in [-0.2, 0) is 17.6 Å². The number of carboxylic acids is 1. The van der Waals surface area contributed by atoms with Crippen molar-refractivity contribution in [3.63, 3.8) is 0 Å². The Morgan fingerprint density at radius 1 is 0.973 bits per heavy atom. The molecule has 0 spiro atoms. The second-order valence-electron chi connectivity index (χ2n) is 9.56. The molecule has 0 fully saturated rings. The van der Waals surface area contributed by atoms with E-state index in [-0.39, 0.29) is 18.2 Å². The highest BCUT2D eigenvalue weighted by Crippen LogP contribution is 2.25. The van der Waals surface area contributed by atoms with Gasteiger partial charge in [-0.3, -0.25) is 9.59 Å².